The predicted octanol–water partition coefficient (Wildman–Crippen LogP) is 3.06. The second-order valence-electron chi connectivity index (χ2n) is 4.28. The zero-order chi connectivity index (χ0) is 13.7. The van der Waals surface area contributed by atoms with Crippen LogP contribution in [0.2, 0.25) is 0 Å². The summed E-state index contributed by atoms with van der Waals surface area (Å²) >= 11 is 3.04. The molecule has 0 spiro atoms. The Balaban J connectivity index is 2.86. The van der Waals surface area contributed by atoms with E-state index in [2.05, 4.69) is 15.9 Å². The van der Waals surface area contributed by atoms with Crippen LogP contribution in [0.25, 0.3) is 0 Å². The lowest BCUT2D eigenvalue weighted by Gasteiger charge is -2.18. The molecule has 3 nitrogen and oxygen atoms in total. The Morgan fingerprint density at radius 1 is 1.56 bits per heavy atom. The summed E-state index contributed by atoms with van der Waals surface area (Å²) in [5, 5.41) is 9.14. The monoisotopic (exact) mass is 316 g/mol. The van der Waals surface area contributed by atoms with Crippen molar-refractivity contribution in [1.82, 2.24) is 0 Å². The van der Waals surface area contributed by atoms with Crippen molar-refractivity contribution in [3.63, 3.8) is 0 Å². The summed E-state index contributed by atoms with van der Waals surface area (Å²) in [5.74, 6) is -2.34. The lowest BCUT2D eigenvalue weighted by atomic mass is 9.86. The van der Waals surface area contributed by atoms with Gasteiger partial charge in [-0.15, -0.1) is 0 Å². The van der Waals surface area contributed by atoms with Crippen LogP contribution in [0.5, 0.6) is 0 Å². The molecule has 0 fully saturated rings. The molecule has 1 N–H and O–H groups in total. The number of carbonyl (C=O) groups excluding carboxylic acids is 1. The number of carboxylic acid groups (broad SMARTS) is 1. The van der Waals surface area contributed by atoms with Crippen LogP contribution in [-0.4, -0.2) is 17.4 Å². The Hall–Kier alpha value is -1.23. The number of aldehydes is 1. The van der Waals surface area contributed by atoms with Gasteiger partial charge in [0.15, 0.2) is 0 Å². The maximum absolute atomic E-state index is 13.3. The van der Waals surface area contributed by atoms with Gasteiger partial charge in [0.05, 0.1) is 10.4 Å². The van der Waals surface area contributed by atoms with Gasteiger partial charge < -0.3 is 9.90 Å². The second-order valence-corrected chi connectivity index (χ2v) is 5.13. The van der Waals surface area contributed by atoms with Gasteiger partial charge in [-0.3, -0.25) is 4.79 Å². The molecule has 18 heavy (non-hydrogen) atoms. The number of carbonyl (C=O) groups is 2. The summed E-state index contributed by atoms with van der Waals surface area (Å²) in [6, 6.07) is 4.54. The first-order chi connectivity index (χ1) is 8.45. The van der Waals surface area contributed by atoms with E-state index >= 15 is 0 Å². The van der Waals surface area contributed by atoms with Crippen molar-refractivity contribution in [3.8, 4) is 0 Å². The van der Waals surface area contributed by atoms with Crippen LogP contribution in [0.15, 0.2) is 22.7 Å². The zero-order valence-corrected chi connectivity index (χ0v) is 11.5. The summed E-state index contributed by atoms with van der Waals surface area (Å²) in [4.78, 5) is 21.6. The van der Waals surface area contributed by atoms with Crippen LogP contribution in [-0.2, 0) is 16.0 Å². The molecule has 2 atom stereocenters. The highest BCUT2D eigenvalue weighted by molar-refractivity contribution is 9.10. The third-order valence-electron chi connectivity index (χ3n) is 2.91. The summed E-state index contributed by atoms with van der Waals surface area (Å²) in [6.45, 7) is 1.71. The average Bonchev–Trinajstić information content (AvgIpc) is 2.30. The van der Waals surface area contributed by atoms with E-state index in [1.165, 1.54) is 6.07 Å². The number of carboxylic acids is 1. The first-order valence-corrected chi connectivity index (χ1v) is 6.35. The third kappa shape index (κ3) is 3.91. The van der Waals surface area contributed by atoms with Crippen molar-refractivity contribution >= 4 is 28.2 Å². The summed E-state index contributed by atoms with van der Waals surface area (Å²) in [7, 11) is 0. The van der Waals surface area contributed by atoms with Gasteiger partial charge in [0.25, 0.3) is 0 Å². The van der Waals surface area contributed by atoms with Gasteiger partial charge in [0.2, 0.25) is 0 Å². The molecule has 1 rings (SSSR count). The van der Waals surface area contributed by atoms with Crippen LogP contribution in [0.3, 0.4) is 0 Å². The molecule has 0 saturated heterocycles. The van der Waals surface area contributed by atoms with Crippen molar-refractivity contribution < 1.29 is 19.1 Å². The SMILES string of the molecule is CC(CC=O)C(Cc1ccc(Br)c(F)c1)C(=O)O. The molecule has 1 aromatic rings. The van der Waals surface area contributed by atoms with Gasteiger partial charge in [-0.1, -0.05) is 13.0 Å². The summed E-state index contributed by atoms with van der Waals surface area (Å²) in [5.41, 5.74) is 0.612. The predicted molar refractivity (Wildman–Crippen MR) is 68.8 cm³/mol. The van der Waals surface area contributed by atoms with Crippen molar-refractivity contribution in [2.45, 2.75) is 19.8 Å². The number of aliphatic carboxylic acids is 1. The van der Waals surface area contributed by atoms with Crippen molar-refractivity contribution in [3.05, 3.63) is 34.1 Å². The van der Waals surface area contributed by atoms with Crippen molar-refractivity contribution in [1.29, 1.82) is 0 Å². The number of halogens is 2. The van der Waals surface area contributed by atoms with Gasteiger partial charge in [0, 0.05) is 6.42 Å². The molecule has 0 bridgehead atoms. The summed E-state index contributed by atoms with van der Waals surface area (Å²) < 4.78 is 13.7. The van der Waals surface area contributed by atoms with Gasteiger partial charge in [0.1, 0.15) is 12.1 Å². The molecular weight excluding hydrogens is 303 g/mol. The molecule has 0 aliphatic carbocycles. The fraction of sp³-hybridized carbons (Fsp3) is 0.385. The molecule has 2 unspecified atom stereocenters. The van der Waals surface area contributed by atoms with Gasteiger partial charge in [-0.2, -0.15) is 0 Å². The van der Waals surface area contributed by atoms with Gasteiger partial charge in [-0.25, -0.2) is 4.39 Å². The molecule has 0 saturated carbocycles. The largest absolute Gasteiger partial charge is 0.481 e. The highest BCUT2D eigenvalue weighted by atomic mass is 79.9. The lowest BCUT2D eigenvalue weighted by Crippen LogP contribution is -2.24. The molecule has 0 aromatic heterocycles. The average molecular weight is 317 g/mol. The number of hydrogen-bond acceptors (Lipinski definition) is 2. The van der Waals surface area contributed by atoms with E-state index in [0.29, 0.717) is 16.3 Å². The van der Waals surface area contributed by atoms with Crippen LogP contribution < -0.4 is 0 Å². The third-order valence-corrected chi connectivity index (χ3v) is 3.55. The van der Waals surface area contributed by atoms with E-state index in [1.807, 2.05) is 0 Å². The maximum Gasteiger partial charge on any atom is 0.307 e. The smallest absolute Gasteiger partial charge is 0.307 e. The molecule has 0 radical (unpaired) electrons. The topological polar surface area (TPSA) is 54.4 Å². The van der Waals surface area contributed by atoms with Crippen molar-refractivity contribution in [2.24, 2.45) is 11.8 Å². The van der Waals surface area contributed by atoms with E-state index in [4.69, 9.17) is 5.11 Å². The zero-order valence-electron chi connectivity index (χ0n) is 9.90. The number of benzene rings is 1. The van der Waals surface area contributed by atoms with Crippen LogP contribution in [0.1, 0.15) is 18.9 Å². The molecule has 0 aliphatic rings. The van der Waals surface area contributed by atoms with Gasteiger partial charge >= 0.3 is 5.97 Å². The standard InChI is InChI=1S/C13H14BrFO3/c1-8(4-5-16)10(13(17)18)6-9-2-3-11(14)12(15)7-9/h2-3,5,7-8,10H,4,6H2,1H3,(H,17,18). The van der Waals surface area contributed by atoms with E-state index in [1.54, 1.807) is 19.1 Å². The van der Waals surface area contributed by atoms with E-state index < -0.39 is 17.7 Å². The minimum Gasteiger partial charge on any atom is -0.481 e. The number of rotatable bonds is 6. The molecule has 1 aromatic carbocycles. The first-order valence-electron chi connectivity index (χ1n) is 5.56. The van der Waals surface area contributed by atoms with Gasteiger partial charge in [-0.05, 0) is 46.0 Å². The minimum atomic E-state index is -0.965. The van der Waals surface area contributed by atoms with Crippen LogP contribution in [0.4, 0.5) is 4.39 Å². The Morgan fingerprint density at radius 3 is 2.72 bits per heavy atom. The molecule has 0 heterocycles. The Morgan fingerprint density at radius 2 is 2.22 bits per heavy atom. The molecule has 98 valence electrons. The quantitative estimate of drug-likeness (QED) is 0.821. The molecule has 5 heteroatoms. The molecular formula is C13H14BrFO3. The highest BCUT2D eigenvalue weighted by Gasteiger charge is 2.24. The normalized spacial score (nSPS) is 13.9. The highest BCUT2D eigenvalue weighted by Crippen LogP contribution is 2.23. The Labute approximate surface area is 113 Å². The van der Waals surface area contributed by atoms with E-state index in [0.717, 1.165) is 0 Å². The summed E-state index contributed by atoms with van der Waals surface area (Å²) in [6.07, 6.45) is 1.12. The number of hydrogen-bond donors (Lipinski definition) is 1. The van der Waals surface area contributed by atoms with E-state index in [9.17, 15) is 14.0 Å². The lowest BCUT2D eigenvalue weighted by molar-refractivity contribution is -0.143. The molecule has 0 amide bonds. The second kappa shape index (κ2) is 6.64. The Kier molecular flexibility index (Phi) is 5.47. The van der Waals surface area contributed by atoms with E-state index in [-0.39, 0.29) is 18.8 Å². The minimum absolute atomic E-state index is 0.190. The first kappa shape index (κ1) is 14.8. The van der Waals surface area contributed by atoms with Crippen LogP contribution >= 0.6 is 15.9 Å². The maximum atomic E-state index is 13.3. The fourth-order valence-corrected chi connectivity index (χ4v) is 2.02. The fourth-order valence-electron chi connectivity index (χ4n) is 1.77. The van der Waals surface area contributed by atoms with Crippen molar-refractivity contribution in [2.75, 3.05) is 0 Å². The Bertz CT molecular complexity index is 448. The molecule has 0 aliphatic heterocycles. The van der Waals surface area contributed by atoms with Crippen LogP contribution in [0, 0.1) is 17.7 Å².